The largest absolute Gasteiger partial charge is 0.506 e. The molecule has 0 unspecified atom stereocenters. The van der Waals surface area contributed by atoms with Gasteiger partial charge in [0.2, 0.25) is 6.29 Å². The minimum atomic E-state index is -2.07. The number of carbonyl (C=O) groups excluding carboxylic acids is 1. The summed E-state index contributed by atoms with van der Waals surface area (Å²) in [6, 6.07) is 13.4. The van der Waals surface area contributed by atoms with Gasteiger partial charge in [-0.2, -0.15) is 0 Å². The number of ketones is 1. The predicted octanol–water partition coefficient (Wildman–Crippen LogP) is 3.37. The molecule has 0 radical (unpaired) electrons. The summed E-state index contributed by atoms with van der Waals surface area (Å²) in [6.07, 6.45) is -4.52. The van der Waals surface area contributed by atoms with Crippen LogP contribution in [0.25, 0.3) is 10.8 Å². The summed E-state index contributed by atoms with van der Waals surface area (Å²) < 4.78 is 17.5. The zero-order chi connectivity index (χ0) is 36.2. The Labute approximate surface area is 290 Å². The zero-order valence-corrected chi connectivity index (χ0v) is 28.4. The highest BCUT2D eigenvalue weighted by atomic mass is 16.7. The molecule has 2 aliphatic rings. The van der Waals surface area contributed by atoms with Crippen LogP contribution in [0.4, 0.5) is 0 Å². The average Bonchev–Trinajstić information content (AvgIpc) is 3.10. The number of aromatic hydroxyl groups is 1. The fourth-order valence-corrected chi connectivity index (χ4v) is 7.64. The average molecular weight is 697 g/mol. The summed E-state index contributed by atoms with van der Waals surface area (Å²) in [6.45, 7) is 4.06. The van der Waals surface area contributed by atoms with Crippen LogP contribution in [0.5, 0.6) is 11.5 Å². The molecule has 0 aromatic heterocycles. The second kappa shape index (κ2) is 16.2. The van der Waals surface area contributed by atoms with Crippen molar-refractivity contribution in [2.45, 2.75) is 82.6 Å². The van der Waals surface area contributed by atoms with Crippen LogP contribution >= 0.6 is 0 Å². The van der Waals surface area contributed by atoms with Gasteiger partial charge in [-0.05, 0) is 85.4 Å². The number of aryl methyl sites for hydroxylation is 2. The number of fused-ring (bicyclic) bond motifs is 1. The number of ether oxygens (including phenoxy) is 3. The van der Waals surface area contributed by atoms with Crippen LogP contribution in [0, 0.1) is 24.7 Å². The summed E-state index contributed by atoms with van der Waals surface area (Å²) in [7, 11) is 0. The molecule has 2 aliphatic heterocycles. The number of aromatic carboxylic acids is 1. The molecule has 7 N–H and O–H groups in total. The van der Waals surface area contributed by atoms with Gasteiger partial charge in [-0.15, -0.1) is 0 Å². The third-order valence-electron chi connectivity index (χ3n) is 10.5. The monoisotopic (exact) mass is 696 g/mol. The Bertz CT molecular complexity index is 1640. The standard InChI is InChI=1S/C38H48O12/c1-21(27-12-15-48-20-24(27)11-14-39)10-13-38(47)30(19-40)50-37(34(43)35(38)44)49-29-18-26(36(45)46)17-25-16-22(2)31(33(42)32(25)29)28(41)9-8-23-6-4-3-5-7-23/h3-7,16-18,21,24,27,30,34-35,37,39-40,42-44,47H,8-15,19-20H2,1-2H3,(H,45,46)/t21-,24-,27+,30-,34-,35-,37+,38-/m1/s1. The first-order valence-electron chi connectivity index (χ1n) is 17.2. The van der Waals surface area contributed by atoms with Gasteiger partial charge in [0, 0.05) is 26.2 Å². The van der Waals surface area contributed by atoms with Gasteiger partial charge in [0.05, 0.1) is 23.1 Å². The van der Waals surface area contributed by atoms with Crippen molar-refractivity contribution >= 4 is 22.5 Å². The Morgan fingerprint density at radius 3 is 2.52 bits per heavy atom. The number of phenols is 1. The smallest absolute Gasteiger partial charge is 0.335 e. The van der Waals surface area contributed by atoms with Crippen molar-refractivity contribution in [2.24, 2.45) is 17.8 Å². The SMILES string of the molecule is Cc1cc2cc(C(=O)O)cc(O[C@H]3O[C@H](CO)[C@](O)(CC[C@@H](C)[C@@H]4CCOC[C@H]4CCO)[C@H](O)[C@H]3O)c2c(O)c1C(=O)CCc1ccccc1. The van der Waals surface area contributed by atoms with Crippen LogP contribution < -0.4 is 4.74 Å². The lowest BCUT2D eigenvalue weighted by Crippen LogP contribution is -2.67. The number of benzene rings is 3. The number of carbonyl (C=O) groups is 2. The minimum absolute atomic E-state index is 0.00180. The molecule has 2 saturated heterocycles. The second-order valence-electron chi connectivity index (χ2n) is 13.7. The van der Waals surface area contributed by atoms with E-state index < -0.39 is 48.5 Å². The third-order valence-corrected chi connectivity index (χ3v) is 10.5. The van der Waals surface area contributed by atoms with Crippen molar-refractivity contribution in [1.82, 2.24) is 0 Å². The number of hydrogen-bond acceptors (Lipinski definition) is 11. The van der Waals surface area contributed by atoms with E-state index in [1.165, 1.54) is 6.07 Å². The molecule has 0 aliphatic carbocycles. The summed E-state index contributed by atoms with van der Waals surface area (Å²) in [5.41, 5.74) is -0.874. The summed E-state index contributed by atoms with van der Waals surface area (Å²) >= 11 is 0. The number of hydrogen-bond donors (Lipinski definition) is 7. The quantitative estimate of drug-likeness (QED) is 0.121. The molecule has 0 amide bonds. The van der Waals surface area contributed by atoms with E-state index in [2.05, 4.69) is 0 Å². The molecule has 8 atom stereocenters. The fourth-order valence-electron chi connectivity index (χ4n) is 7.64. The number of carboxylic acid groups (broad SMARTS) is 1. The lowest BCUT2D eigenvalue weighted by molar-refractivity contribution is -0.315. The van der Waals surface area contributed by atoms with Crippen molar-refractivity contribution in [1.29, 1.82) is 0 Å². The van der Waals surface area contributed by atoms with Crippen LogP contribution in [-0.2, 0) is 15.9 Å². The highest BCUT2D eigenvalue weighted by molar-refractivity contribution is 6.09. The molecule has 272 valence electrons. The van der Waals surface area contributed by atoms with Gasteiger partial charge in [-0.3, -0.25) is 4.79 Å². The van der Waals surface area contributed by atoms with E-state index in [-0.39, 0.29) is 70.6 Å². The molecule has 3 aromatic carbocycles. The Hall–Kier alpha value is -3.62. The van der Waals surface area contributed by atoms with Crippen LogP contribution in [0.15, 0.2) is 48.5 Å². The predicted molar refractivity (Wildman–Crippen MR) is 182 cm³/mol. The van der Waals surface area contributed by atoms with E-state index in [9.17, 15) is 45.3 Å². The highest BCUT2D eigenvalue weighted by Crippen LogP contribution is 2.43. The maximum atomic E-state index is 13.4. The minimum Gasteiger partial charge on any atom is -0.506 e. The number of phenolic OH excluding ortho intramolecular Hbond substituents is 1. The molecule has 5 rings (SSSR count). The molecule has 2 fully saturated rings. The third kappa shape index (κ3) is 7.81. The van der Waals surface area contributed by atoms with Crippen LogP contribution in [-0.4, -0.2) is 104 Å². The van der Waals surface area contributed by atoms with Gasteiger partial charge in [-0.25, -0.2) is 4.79 Å². The summed E-state index contributed by atoms with van der Waals surface area (Å²) in [4.78, 5) is 25.5. The van der Waals surface area contributed by atoms with Gasteiger partial charge in [0.25, 0.3) is 0 Å². The van der Waals surface area contributed by atoms with E-state index >= 15 is 0 Å². The molecular formula is C38H48O12. The van der Waals surface area contributed by atoms with Gasteiger partial charge in [0.15, 0.2) is 5.78 Å². The van der Waals surface area contributed by atoms with Crippen molar-refractivity contribution in [3.8, 4) is 11.5 Å². The van der Waals surface area contributed by atoms with Crippen molar-refractivity contribution in [2.75, 3.05) is 26.4 Å². The summed E-state index contributed by atoms with van der Waals surface area (Å²) in [5.74, 6) is -1.92. The van der Waals surface area contributed by atoms with Crippen LogP contribution in [0.2, 0.25) is 0 Å². The number of carboxylic acids is 1. The Morgan fingerprint density at radius 2 is 1.84 bits per heavy atom. The molecule has 0 bridgehead atoms. The van der Waals surface area contributed by atoms with E-state index in [1.807, 2.05) is 37.3 Å². The molecule has 0 saturated carbocycles. The lowest BCUT2D eigenvalue weighted by atomic mass is 9.73. The first kappa shape index (κ1) is 37.6. The van der Waals surface area contributed by atoms with Crippen molar-refractivity contribution < 1.29 is 59.5 Å². The normalized spacial score (nSPS) is 27.6. The van der Waals surface area contributed by atoms with Crippen molar-refractivity contribution in [3.05, 3.63) is 70.8 Å². The van der Waals surface area contributed by atoms with E-state index in [4.69, 9.17) is 14.2 Å². The van der Waals surface area contributed by atoms with Crippen molar-refractivity contribution in [3.63, 3.8) is 0 Å². The number of aliphatic hydroxyl groups is 5. The maximum absolute atomic E-state index is 13.4. The van der Waals surface area contributed by atoms with E-state index in [1.54, 1.807) is 13.0 Å². The van der Waals surface area contributed by atoms with E-state index in [0.717, 1.165) is 18.1 Å². The van der Waals surface area contributed by atoms with Gasteiger partial charge in [-0.1, -0.05) is 43.3 Å². The Kier molecular flexibility index (Phi) is 12.2. The van der Waals surface area contributed by atoms with Gasteiger partial charge < -0.3 is 50.0 Å². The number of Topliss-reactive ketones (excluding diaryl/α,β-unsaturated/α-hetero) is 1. The molecule has 0 spiro atoms. The summed E-state index contributed by atoms with van der Waals surface area (Å²) in [5, 5.41) is 75.7. The number of rotatable bonds is 14. The zero-order valence-electron chi connectivity index (χ0n) is 28.4. The molecule has 3 aromatic rings. The van der Waals surface area contributed by atoms with Crippen LogP contribution in [0.3, 0.4) is 0 Å². The van der Waals surface area contributed by atoms with Gasteiger partial charge in [0.1, 0.15) is 35.4 Å². The Morgan fingerprint density at radius 1 is 1.10 bits per heavy atom. The first-order chi connectivity index (χ1) is 23.9. The molecule has 12 nitrogen and oxygen atoms in total. The fraction of sp³-hybridized carbons (Fsp3) is 0.526. The molecule has 2 heterocycles. The molecule has 50 heavy (non-hydrogen) atoms. The second-order valence-corrected chi connectivity index (χ2v) is 13.7. The maximum Gasteiger partial charge on any atom is 0.335 e. The molecular weight excluding hydrogens is 648 g/mol. The highest BCUT2D eigenvalue weighted by Gasteiger charge is 2.55. The number of aliphatic hydroxyl groups excluding tert-OH is 4. The lowest BCUT2D eigenvalue weighted by Gasteiger charge is -2.48. The topological polar surface area (TPSA) is 203 Å². The van der Waals surface area contributed by atoms with Gasteiger partial charge >= 0.3 is 5.97 Å². The van der Waals surface area contributed by atoms with E-state index in [0.29, 0.717) is 38.0 Å². The Balaban J connectivity index is 1.40. The van der Waals surface area contributed by atoms with Crippen LogP contribution in [0.1, 0.15) is 70.9 Å². The first-order valence-corrected chi connectivity index (χ1v) is 17.2. The molecule has 12 heteroatoms.